The number of aromatic nitrogens is 2. The highest BCUT2D eigenvalue weighted by molar-refractivity contribution is 9.10. The quantitative estimate of drug-likeness (QED) is 0.620. The van der Waals surface area contributed by atoms with Gasteiger partial charge < -0.3 is 14.6 Å². The normalized spacial score (nSPS) is 19.5. The standard InChI is InChI=1S/C21H22BrN3O3/c1-13-11-18(25-28-13)21(26)24-12-14-5-7-15(8-6-14)27-19-9-10-23-20-16(19)3-2-4-17(20)22/h2-4,9-11,14-15H,5-8,12H2,1H3,(H,24,26). The number of para-hydroxylation sites is 1. The van der Waals surface area contributed by atoms with E-state index in [9.17, 15) is 4.79 Å². The minimum atomic E-state index is -0.177. The summed E-state index contributed by atoms with van der Waals surface area (Å²) in [6.07, 6.45) is 5.97. The number of nitrogens with one attached hydrogen (secondary N) is 1. The summed E-state index contributed by atoms with van der Waals surface area (Å²) in [5.74, 6) is 1.80. The van der Waals surface area contributed by atoms with E-state index in [2.05, 4.69) is 31.4 Å². The van der Waals surface area contributed by atoms with Gasteiger partial charge >= 0.3 is 0 Å². The number of carbonyl (C=O) groups excluding carboxylic acids is 1. The molecule has 3 aromatic rings. The third kappa shape index (κ3) is 4.19. The molecule has 0 bridgehead atoms. The summed E-state index contributed by atoms with van der Waals surface area (Å²) < 4.78 is 12.2. The van der Waals surface area contributed by atoms with Crippen LogP contribution >= 0.6 is 15.9 Å². The van der Waals surface area contributed by atoms with E-state index in [0.29, 0.717) is 23.9 Å². The van der Waals surface area contributed by atoms with Crippen LogP contribution in [0.25, 0.3) is 10.9 Å². The molecule has 0 aliphatic heterocycles. The Morgan fingerprint density at radius 2 is 2.11 bits per heavy atom. The zero-order chi connectivity index (χ0) is 19.5. The minimum absolute atomic E-state index is 0.177. The van der Waals surface area contributed by atoms with E-state index < -0.39 is 0 Å². The van der Waals surface area contributed by atoms with E-state index in [1.54, 1.807) is 19.2 Å². The zero-order valence-corrected chi connectivity index (χ0v) is 17.2. The lowest BCUT2D eigenvalue weighted by Crippen LogP contribution is -2.33. The number of benzene rings is 1. The second-order valence-corrected chi connectivity index (χ2v) is 8.09. The van der Waals surface area contributed by atoms with Crippen molar-refractivity contribution >= 4 is 32.7 Å². The fraction of sp³-hybridized carbons (Fsp3) is 0.381. The van der Waals surface area contributed by atoms with Gasteiger partial charge in [-0.05, 0) is 72.7 Å². The van der Waals surface area contributed by atoms with Crippen molar-refractivity contribution in [1.29, 1.82) is 0 Å². The van der Waals surface area contributed by atoms with Gasteiger partial charge in [-0.25, -0.2) is 0 Å². The first-order valence-electron chi connectivity index (χ1n) is 9.51. The van der Waals surface area contributed by atoms with Gasteiger partial charge in [0.05, 0.1) is 11.6 Å². The number of fused-ring (bicyclic) bond motifs is 1. The molecule has 1 amide bonds. The molecule has 1 aromatic carbocycles. The lowest BCUT2D eigenvalue weighted by atomic mass is 9.87. The first-order chi connectivity index (χ1) is 13.6. The predicted molar refractivity (Wildman–Crippen MR) is 109 cm³/mol. The van der Waals surface area contributed by atoms with E-state index in [4.69, 9.17) is 9.26 Å². The topological polar surface area (TPSA) is 77.2 Å². The van der Waals surface area contributed by atoms with Gasteiger partial charge in [0.25, 0.3) is 5.91 Å². The maximum absolute atomic E-state index is 12.1. The summed E-state index contributed by atoms with van der Waals surface area (Å²) in [7, 11) is 0. The van der Waals surface area contributed by atoms with Gasteiger partial charge in [-0.2, -0.15) is 0 Å². The number of hydrogen-bond acceptors (Lipinski definition) is 5. The van der Waals surface area contributed by atoms with Gasteiger partial charge in [-0.1, -0.05) is 11.2 Å². The number of nitrogens with zero attached hydrogens (tertiary/aromatic N) is 2. The molecule has 0 radical (unpaired) electrons. The number of carbonyl (C=O) groups is 1. The Bertz CT molecular complexity index is 980. The monoisotopic (exact) mass is 443 g/mol. The largest absolute Gasteiger partial charge is 0.490 e. The van der Waals surface area contributed by atoms with Crippen molar-refractivity contribution in [3.63, 3.8) is 0 Å². The zero-order valence-electron chi connectivity index (χ0n) is 15.7. The SMILES string of the molecule is Cc1cc(C(=O)NCC2CCC(Oc3ccnc4c(Br)cccc34)CC2)no1. The van der Waals surface area contributed by atoms with Gasteiger partial charge in [0.15, 0.2) is 5.69 Å². The van der Waals surface area contributed by atoms with Crippen molar-refractivity contribution in [1.82, 2.24) is 15.5 Å². The molecule has 1 fully saturated rings. The lowest BCUT2D eigenvalue weighted by Gasteiger charge is -2.29. The Kier molecular flexibility index (Phi) is 5.62. The molecule has 0 spiro atoms. The van der Waals surface area contributed by atoms with Crippen LogP contribution in [-0.4, -0.2) is 28.7 Å². The lowest BCUT2D eigenvalue weighted by molar-refractivity contribution is 0.0920. The van der Waals surface area contributed by atoms with E-state index in [-0.39, 0.29) is 12.0 Å². The van der Waals surface area contributed by atoms with Gasteiger partial charge in [-0.3, -0.25) is 9.78 Å². The molecule has 1 aliphatic rings. The van der Waals surface area contributed by atoms with Crippen LogP contribution in [0.5, 0.6) is 5.75 Å². The maximum atomic E-state index is 12.1. The Balaban J connectivity index is 1.30. The predicted octanol–water partition coefficient (Wildman–Crippen LogP) is 4.66. The van der Waals surface area contributed by atoms with Crippen LogP contribution in [0.2, 0.25) is 0 Å². The molecule has 1 aliphatic carbocycles. The summed E-state index contributed by atoms with van der Waals surface area (Å²) in [5, 5.41) is 7.74. The van der Waals surface area contributed by atoms with E-state index in [1.807, 2.05) is 24.3 Å². The third-order valence-corrected chi connectivity index (χ3v) is 5.82. The smallest absolute Gasteiger partial charge is 0.273 e. The van der Waals surface area contributed by atoms with Crippen molar-refractivity contribution in [2.75, 3.05) is 6.54 Å². The molecule has 1 saturated carbocycles. The Labute approximate surface area is 171 Å². The van der Waals surface area contributed by atoms with Crippen molar-refractivity contribution in [2.24, 2.45) is 5.92 Å². The van der Waals surface area contributed by atoms with Gasteiger partial charge in [-0.15, -0.1) is 0 Å². The van der Waals surface area contributed by atoms with Gasteiger partial charge in [0.2, 0.25) is 0 Å². The summed E-state index contributed by atoms with van der Waals surface area (Å²) in [4.78, 5) is 16.5. The Morgan fingerprint density at radius 1 is 1.29 bits per heavy atom. The third-order valence-electron chi connectivity index (χ3n) is 5.18. The Morgan fingerprint density at radius 3 is 2.86 bits per heavy atom. The molecule has 0 saturated heterocycles. The molecule has 6 nitrogen and oxygen atoms in total. The molecule has 2 heterocycles. The van der Waals surface area contributed by atoms with Crippen LogP contribution in [0.1, 0.15) is 41.9 Å². The van der Waals surface area contributed by atoms with Crippen molar-refractivity contribution in [3.8, 4) is 5.75 Å². The molecule has 4 rings (SSSR count). The molecule has 146 valence electrons. The van der Waals surface area contributed by atoms with Crippen LogP contribution in [0.4, 0.5) is 0 Å². The first-order valence-corrected chi connectivity index (χ1v) is 10.3. The van der Waals surface area contributed by atoms with Crippen molar-refractivity contribution in [2.45, 2.75) is 38.7 Å². The van der Waals surface area contributed by atoms with E-state index >= 15 is 0 Å². The fourth-order valence-electron chi connectivity index (χ4n) is 3.65. The number of rotatable bonds is 5. The minimum Gasteiger partial charge on any atom is -0.490 e. The van der Waals surface area contributed by atoms with Crippen LogP contribution < -0.4 is 10.1 Å². The van der Waals surface area contributed by atoms with E-state index in [0.717, 1.165) is 46.8 Å². The molecular weight excluding hydrogens is 422 g/mol. The molecule has 1 N–H and O–H groups in total. The van der Waals surface area contributed by atoms with Crippen molar-refractivity contribution in [3.05, 3.63) is 52.5 Å². The summed E-state index contributed by atoms with van der Waals surface area (Å²) >= 11 is 3.55. The molecule has 7 heteroatoms. The maximum Gasteiger partial charge on any atom is 0.273 e. The number of aryl methyl sites for hydroxylation is 1. The molecular formula is C21H22BrN3O3. The van der Waals surface area contributed by atoms with Crippen LogP contribution in [0.15, 0.2) is 45.5 Å². The van der Waals surface area contributed by atoms with Crippen LogP contribution in [-0.2, 0) is 0 Å². The average Bonchev–Trinajstić information content (AvgIpc) is 3.14. The molecule has 0 atom stereocenters. The summed E-state index contributed by atoms with van der Waals surface area (Å²) in [6, 6.07) is 9.60. The van der Waals surface area contributed by atoms with Crippen molar-refractivity contribution < 1.29 is 14.1 Å². The number of pyridine rings is 1. The second kappa shape index (κ2) is 8.31. The van der Waals surface area contributed by atoms with Gasteiger partial charge in [0, 0.05) is 28.7 Å². The molecule has 28 heavy (non-hydrogen) atoms. The van der Waals surface area contributed by atoms with E-state index in [1.165, 1.54) is 0 Å². The highest BCUT2D eigenvalue weighted by Gasteiger charge is 2.24. The number of hydrogen-bond donors (Lipinski definition) is 1. The highest BCUT2D eigenvalue weighted by atomic mass is 79.9. The first kappa shape index (κ1) is 18.9. The summed E-state index contributed by atoms with van der Waals surface area (Å²) in [6.45, 7) is 2.43. The second-order valence-electron chi connectivity index (χ2n) is 7.24. The van der Waals surface area contributed by atoms with Gasteiger partial charge in [0.1, 0.15) is 11.5 Å². The number of amides is 1. The highest BCUT2D eigenvalue weighted by Crippen LogP contribution is 2.32. The molecule has 0 unspecified atom stereocenters. The van der Waals surface area contributed by atoms with Crippen LogP contribution in [0.3, 0.4) is 0 Å². The number of ether oxygens (including phenoxy) is 1. The fourth-order valence-corrected chi connectivity index (χ4v) is 4.12. The molecule has 2 aromatic heterocycles. The average molecular weight is 444 g/mol. The number of halogens is 1. The Hall–Kier alpha value is -2.41. The summed E-state index contributed by atoms with van der Waals surface area (Å²) in [5.41, 5.74) is 1.25. The van der Waals surface area contributed by atoms with Crippen LogP contribution in [0, 0.1) is 12.8 Å².